The summed E-state index contributed by atoms with van der Waals surface area (Å²) in [4.78, 5) is 13.5. The maximum Gasteiger partial charge on any atom is 0.222 e. The molecule has 152 valence electrons. The van der Waals surface area contributed by atoms with Crippen molar-refractivity contribution in [1.29, 1.82) is 0 Å². The van der Waals surface area contributed by atoms with Crippen LogP contribution in [0.1, 0.15) is 18.4 Å². The van der Waals surface area contributed by atoms with E-state index in [1.165, 1.54) is 0 Å². The number of nitrogens with one attached hydrogen (secondary N) is 1. The standard InChI is InChI=1S/C21H25ClN6O/c1-14-6-5-7-16(12-14)28-20(24-15-8-9-18(29-2)17(22)13-15)25-19(23)26-21(28)27-10-3-4-11-27/h5-9,12-13,20,24H,3-4,10-11H2,1-2H3,(H2,23,25). The van der Waals surface area contributed by atoms with Crippen LogP contribution in [0.4, 0.5) is 11.4 Å². The highest BCUT2D eigenvalue weighted by Crippen LogP contribution is 2.30. The molecule has 0 amide bonds. The van der Waals surface area contributed by atoms with Gasteiger partial charge in [0, 0.05) is 24.5 Å². The molecule has 4 rings (SSSR count). The van der Waals surface area contributed by atoms with Crippen molar-refractivity contribution in [3.63, 3.8) is 0 Å². The molecule has 8 heteroatoms. The number of halogens is 1. The average Bonchev–Trinajstić information content (AvgIpc) is 3.22. The lowest BCUT2D eigenvalue weighted by molar-refractivity contribution is 0.415. The molecule has 2 heterocycles. The maximum absolute atomic E-state index is 6.31. The number of methoxy groups -OCH3 is 1. The second-order valence-corrected chi connectivity index (χ2v) is 7.58. The Bertz CT molecular complexity index is 954. The minimum atomic E-state index is -0.450. The van der Waals surface area contributed by atoms with E-state index in [0.29, 0.717) is 10.8 Å². The van der Waals surface area contributed by atoms with Crippen LogP contribution < -0.4 is 20.7 Å². The van der Waals surface area contributed by atoms with Gasteiger partial charge in [0.1, 0.15) is 5.75 Å². The molecule has 1 saturated heterocycles. The number of aliphatic imine (C=N–C) groups is 2. The SMILES string of the molecule is COc1ccc(NC2N=C(N)N=C(N3CCCC3)N2c2cccc(C)c2)cc1Cl. The van der Waals surface area contributed by atoms with Gasteiger partial charge in [0.05, 0.1) is 12.1 Å². The molecule has 3 N–H and O–H groups in total. The number of nitrogens with two attached hydrogens (primary N) is 1. The van der Waals surface area contributed by atoms with Gasteiger partial charge in [-0.05, 0) is 55.7 Å². The zero-order valence-corrected chi connectivity index (χ0v) is 17.4. The van der Waals surface area contributed by atoms with Gasteiger partial charge in [0.15, 0.2) is 0 Å². The Morgan fingerprint density at radius 1 is 1.17 bits per heavy atom. The first kappa shape index (κ1) is 19.4. The van der Waals surface area contributed by atoms with E-state index in [2.05, 4.69) is 50.2 Å². The molecule has 7 nitrogen and oxygen atoms in total. The molecule has 29 heavy (non-hydrogen) atoms. The summed E-state index contributed by atoms with van der Waals surface area (Å²) in [6, 6.07) is 13.9. The number of rotatable bonds is 4. The Kier molecular flexibility index (Phi) is 5.49. The average molecular weight is 413 g/mol. The summed E-state index contributed by atoms with van der Waals surface area (Å²) in [6.45, 7) is 3.98. The monoisotopic (exact) mass is 412 g/mol. The number of anilines is 2. The fraction of sp³-hybridized carbons (Fsp3) is 0.333. The molecular weight excluding hydrogens is 388 g/mol. The largest absolute Gasteiger partial charge is 0.495 e. The Balaban J connectivity index is 1.71. The summed E-state index contributed by atoms with van der Waals surface area (Å²) in [5, 5.41) is 3.96. The predicted octanol–water partition coefficient (Wildman–Crippen LogP) is 3.64. The van der Waals surface area contributed by atoms with Gasteiger partial charge in [-0.2, -0.15) is 4.99 Å². The molecule has 2 aliphatic heterocycles. The molecule has 1 atom stereocenters. The van der Waals surface area contributed by atoms with Crippen molar-refractivity contribution in [2.45, 2.75) is 26.1 Å². The van der Waals surface area contributed by atoms with Gasteiger partial charge < -0.3 is 20.7 Å². The lowest BCUT2D eigenvalue weighted by atomic mass is 10.2. The van der Waals surface area contributed by atoms with Gasteiger partial charge in [-0.15, -0.1) is 0 Å². The van der Waals surface area contributed by atoms with Gasteiger partial charge in [-0.25, -0.2) is 4.99 Å². The van der Waals surface area contributed by atoms with Gasteiger partial charge in [0.25, 0.3) is 0 Å². The van der Waals surface area contributed by atoms with E-state index in [-0.39, 0.29) is 5.96 Å². The van der Waals surface area contributed by atoms with Crippen molar-refractivity contribution in [3.8, 4) is 5.75 Å². The smallest absolute Gasteiger partial charge is 0.222 e. The summed E-state index contributed by atoms with van der Waals surface area (Å²) >= 11 is 6.31. The molecule has 2 aromatic carbocycles. The molecule has 0 saturated carbocycles. The van der Waals surface area contributed by atoms with Crippen LogP contribution in [0.15, 0.2) is 52.4 Å². The van der Waals surface area contributed by atoms with Crippen molar-refractivity contribution < 1.29 is 4.74 Å². The Labute approximate surface area is 175 Å². The number of hydrogen-bond donors (Lipinski definition) is 2. The zero-order valence-electron chi connectivity index (χ0n) is 16.6. The third-order valence-corrected chi connectivity index (χ3v) is 5.34. The molecule has 2 aliphatic rings. The van der Waals surface area contributed by atoms with Crippen molar-refractivity contribution in [2.24, 2.45) is 15.7 Å². The number of likely N-dealkylation sites (tertiary alicyclic amines) is 1. The second kappa shape index (κ2) is 8.21. The first-order chi connectivity index (χ1) is 14.0. The molecule has 0 radical (unpaired) electrons. The summed E-state index contributed by atoms with van der Waals surface area (Å²) in [6.07, 6.45) is 1.84. The van der Waals surface area contributed by atoms with Gasteiger partial charge in [0.2, 0.25) is 18.2 Å². The topological polar surface area (TPSA) is 78.5 Å². The van der Waals surface area contributed by atoms with Crippen LogP contribution in [-0.2, 0) is 0 Å². The van der Waals surface area contributed by atoms with E-state index in [1.54, 1.807) is 7.11 Å². The number of nitrogens with zero attached hydrogens (tertiary/aromatic N) is 4. The first-order valence-corrected chi connectivity index (χ1v) is 10.1. The van der Waals surface area contributed by atoms with E-state index in [9.17, 15) is 0 Å². The Morgan fingerprint density at radius 2 is 1.97 bits per heavy atom. The van der Waals surface area contributed by atoms with Crippen molar-refractivity contribution >= 4 is 34.9 Å². The van der Waals surface area contributed by atoms with E-state index >= 15 is 0 Å². The number of aryl methyl sites for hydroxylation is 1. The Morgan fingerprint density at radius 3 is 2.66 bits per heavy atom. The molecule has 1 unspecified atom stereocenters. The van der Waals surface area contributed by atoms with E-state index in [1.807, 2.05) is 24.3 Å². The van der Waals surface area contributed by atoms with E-state index in [0.717, 1.165) is 48.8 Å². The summed E-state index contributed by atoms with van der Waals surface area (Å²) in [5.74, 6) is 1.70. The van der Waals surface area contributed by atoms with Crippen molar-refractivity contribution in [1.82, 2.24) is 4.90 Å². The molecular formula is C21H25ClN6O. The summed E-state index contributed by atoms with van der Waals surface area (Å²) in [5.41, 5.74) is 9.09. The number of benzene rings is 2. The van der Waals surface area contributed by atoms with Gasteiger partial charge >= 0.3 is 0 Å². The fourth-order valence-electron chi connectivity index (χ4n) is 3.65. The highest BCUT2D eigenvalue weighted by molar-refractivity contribution is 6.32. The van der Waals surface area contributed by atoms with E-state index < -0.39 is 6.29 Å². The quantitative estimate of drug-likeness (QED) is 0.801. The first-order valence-electron chi connectivity index (χ1n) is 9.68. The lowest BCUT2D eigenvalue weighted by Gasteiger charge is -2.38. The van der Waals surface area contributed by atoms with Crippen LogP contribution >= 0.6 is 11.6 Å². The molecule has 0 bridgehead atoms. The molecule has 0 aliphatic carbocycles. The van der Waals surface area contributed by atoms with Crippen LogP contribution in [0.2, 0.25) is 5.02 Å². The van der Waals surface area contributed by atoms with Crippen molar-refractivity contribution in [2.75, 3.05) is 30.4 Å². The number of ether oxygens (including phenoxy) is 1. The highest BCUT2D eigenvalue weighted by atomic mass is 35.5. The number of guanidine groups is 2. The Hall–Kier alpha value is -2.93. The zero-order chi connectivity index (χ0) is 20.4. The molecule has 0 aromatic heterocycles. The van der Waals surface area contributed by atoms with Crippen LogP contribution in [-0.4, -0.2) is 43.3 Å². The highest BCUT2D eigenvalue weighted by Gasteiger charge is 2.32. The van der Waals surface area contributed by atoms with Crippen molar-refractivity contribution in [3.05, 3.63) is 53.1 Å². The van der Waals surface area contributed by atoms with E-state index in [4.69, 9.17) is 22.1 Å². The van der Waals surface area contributed by atoms with Gasteiger partial charge in [-0.1, -0.05) is 23.7 Å². The summed E-state index contributed by atoms with van der Waals surface area (Å²) in [7, 11) is 1.60. The second-order valence-electron chi connectivity index (χ2n) is 7.17. The maximum atomic E-state index is 6.31. The van der Waals surface area contributed by atoms with Crippen LogP contribution in [0.5, 0.6) is 5.75 Å². The minimum Gasteiger partial charge on any atom is -0.495 e. The third kappa shape index (κ3) is 4.10. The fourth-order valence-corrected chi connectivity index (χ4v) is 3.91. The third-order valence-electron chi connectivity index (χ3n) is 5.05. The van der Waals surface area contributed by atoms with Crippen LogP contribution in [0.25, 0.3) is 0 Å². The van der Waals surface area contributed by atoms with Gasteiger partial charge in [-0.3, -0.25) is 4.90 Å². The summed E-state index contributed by atoms with van der Waals surface area (Å²) < 4.78 is 5.25. The predicted molar refractivity (Wildman–Crippen MR) is 119 cm³/mol. The molecule has 0 spiro atoms. The number of hydrogen-bond acceptors (Lipinski definition) is 7. The van der Waals surface area contributed by atoms with Crippen LogP contribution in [0, 0.1) is 6.92 Å². The molecule has 1 fully saturated rings. The lowest BCUT2D eigenvalue weighted by Crippen LogP contribution is -2.54. The molecule has 2 aromatic rings. The normalized spacial score (nSPS) is 19.1. The minimum absolute atomic E-state index is 0.257. The van der Waals surface area contributed by atoms with Crippen LogP contribution in [0.3, 0.4) is 0 Å².